The molecule has 0 spiro atoms. The minimum Gasteiger partial charge on any atom is -0.425 e. The van der Waals surface area contributed by atoms with E-state index in [0.29, 0.717) is 17.8 Å². The van der Waals surface area contributed by atoms with Crippen molar-refractivity contribution in [2.45, 2.75) is 38.5 Å². The number of rotatable bonds is 6. The van der Waals surface area contributed by atoms with E-state index in [-0.39, 0.29) is 0 Å². The number of methoxy groups -OCH3 is 1. The van der Waals surface area contributed by atoms with Crippen LogP contribution in [0, 0.1) is 11.8 Å². The van der Waals surface area contributed by atoms with Crippen molar-refractivity contribution in [1.29, 1.82) is 0 Å². The van der Waals surface area contributed by atoms with Crippen LogP contribution < -0.4 is 0 Å². The Morgan fingerprint density at radius 3 is 2.70 bits per heavy atom. The van der Waals surface area contributed by atoms with Gasteiger partial charge in [-0.1, -0.05) is 13.8 Å². The third-order valence-corrected chi connectivity index (χ3v) is 4.38. The van der Waals surface area contributed by atoms with E-state index in [1.54, 1.807) is 7.11 Å². The van der Waals surface area contributed by atoms with E-state index in [1.165, 1.54) is 19.4 Å². The zero-order valence-corrected chi connectivity index (χ0v) is 12.7. The lowest BCUT2D eigenvalue weighted by Gasteiger charge is -2.14. The summed E-state index contributed by atoms with van der Waals surface area (Å²) in [7, 11) is 1.77. The summed E-state index contributed by atoms with van der Waals surface area (Å²) >= 11 is 0. The summed E-state index contributed by atoms with van der Waals surface area (Å²) in [5, 5.41) is 8.46. The quantitative estimate of drug-likeness (QED) is 0.799. The molecule has 2 fully saturated rings. The molecule has 0 radical (unpaired) electrons. The molecule has 20 heavy (non-hydrogen) atoms. The molecule has 1 saturated heterocycles. The highest BCUT2D eigenvalue weighted by atomic mass is 16.5. The van der Waals surface area contributed by atoms with Crippen LogP contribution in [0.25, 0.3) is 0 Å². The number of ether oxygens (including phenoxy) is 1. The molecule has 2 aliphatic rings. The van der Waals surface area contributed by atoms with E-state index in [0.717, 1.165) is 37.4 Å². The maximum Gasteiger partial charge on any atom is 0.221 e. The minimum atomic E-state index is 0.293. The third kappa shape index (κ3) is 3.04. The largest absolute Gasteiger partial charge is 0.425 e. The van der Waals surface area contributed by atoms with Crippen LogP contribution in [0.5, 0.6) is 0 Å². The van der Waals surface area contributed by atoms with Gasteiger partial charge in [-0.05, 0) is 18.8 Å². The van der Waals surface area contributed by atoms with Crippen molar-refractivity contribution in [3.63, 3.8) is 0 Å². The van der Waals surface area contributed by atoms with Gasteiger partial charge in [0.25, 0.3) is 0 Å². The molecule has 0 unspecified atom stereocenters. The Morgan fingerprint density at radius 1 is 1.30 bits per heavy atom. The molecule has 5 nitrogen and oxygen atoms in total. The standard InChI is InChI=1S/C15H25N3O2/c1-10(2)14-16-17-15(20-14)13-8-18(6-11-4-5-11)7-12(13)9-19-3/h10-13H,4-9H2,1-3H3/t12-,13+/m0/s1. The zero-order chi connectivity index (χ0) is 14.1. The summed E-state index contributed by atoms with van der Waals surface area (Å²) in [5.74, 6) is 3.56. The zero-order valence-electron chi connectivity index (χ0n) is 12.7. The Hall–Kier alpha value is -0.940. The normalized spacial score (nSPS) is 27.6. The lowest BCUT2D eigenvalue weighted by Crippen LogP contribution is -2.24. The van der Waals surface area contributed by atoms with Crippen LogP contribution >= 0.6 is 0 Å². The number of hydrogen-bond acceptors (Lipinski definition) is 5. The molecule has 3 rings (SSSR count). The Morgan fingerprint density at radius 2 is 2.10 bits per heavy atom. The lowest BCUT2D eigenvalue weighted by atomic mass is 9.97. The van der Waals surface area contributed by atoms with Crippen molar-refractivity contribution in [3.05, 3.63) is 11.8 Å². The molecule has 1 aromatic rings. The summed E-state index contributed by atoms with van der Waals surface area (Å²) in [6.07, 6.45) is 2.79. The molecular formula is C15H25N3O2. The molecule has 1 saturated carbocycles. The van der Waals surface area contributed by atoms with Crippen molar-refractivity contribution in [2.75, 3.05) is 33.4 Å². The Bertz CT molecular complexity index is 442. The fourth-order valence-corrected chi connectivity index (χ4v) is 3.07. The fourth-order valence-electron chi connectivity index (χ4n) is 3.07. The van der Waals surface area contributed by atoms with Gasteiger partial charge >= 0.3 is 0 Å². The van der Waals surface area contributed by atoms with Gasteiger partial charge in [0.2, 0.25) is 11.8 Å². The molecule has 0 N–H and O–H groups in total. The molecule has 0 amide bonds. The highest BCUT2D eigenvalue weighted by Gasteiger charge is 2.39. The minimum absolute atomic E-state index is 0.293. The SMILES string of the molecule is COC[C@@H]1CN(CC2CC2)C[C@H]1c1nnc(C(C)C)o1. The molecular weight excluding hydrogens is 254 g/mol. The topological polar surface area (TPSA) is 51.4 Å². The predicted molar refractivity (Wildman–Crippen MR) is 75.7 cm³/mol. The lowest BCUT2D eigenvalue weighted by molar-refractivity contribution is 0.143. The summed E-state index contributed by atoms with van der Waals surface area (Å²) in [6.45, 7) is 8.28. The molecule has 0 bridgehead atoms. The molecule has 1 aliphatic heterocycles. The molecule has 5 heteroatoms. The van der Waals surface area contributed by atoms with Crippen LogP contribution in [0.2, 0.25) is 0 Å². The number of likely N-dealkylation sites (tertiary alicyclic amines) is 1. The second-order valence-electron chi connectivity index (χ2n) is 6.62. The molecule has 2 heterocycles. The van der Waals surface area contributed by atoms with Gasteiger partial charge in [-0.15, -0.1) is 10.2 Å². The van der Waals surface area contributed by atoms with Crippen molar-refractivity contribution < 1.29 is 9.15 Å². The predicted octanol–water partition coefficient (Wildman–Crippen LogP) is 2.26. The van der Waals surface area contributed by atoms with Gasteiger partial charge in [0.1, 0.15) is 0 Å². The highest BCUT2D eigenvalue weighted by Crippen LogP contribution is 2.36. The Kier molecular flexibility index (Phi) is 4.08. The summed E-state index contributed by atoms with van der Waals surface area (Å²) in [5.41, 5.74) is 0. The average Bonchev–Trinajstić information content (AvgIpc) is 2.93. The molecule has 1 aliphatic carbocycles. The van der Waals surface area contributed by atoms with Gasteiger partial charge < -0.3 is 14.1 Å². The molecule has 1 aromatic heterocycles. The van der Waals surface area contributed by atoms with Crippen LogP contribution in [0.1, 0.15) is 50.3 Å². The molecule has 0 aromatic carbocycles. The number of nitrogens with zero attached hydrogens (tertiary/aromatic N) is 3. The first-order valence-corrected chi connectivity index (χ1v) is 7.72. The highest BCUT2D eigenvalue weighted by molar-refractivity contribution is 5.03. The van der Waals surface area contributed by atoms with E-state index in [1.807, 2.05) is 0 Å². The summed E-state index contributed by atoms with van der Waals surface area (Å²) in [4.78, 5) is 2.55. The van der Waals surface area contributed by atoms with Crippen molar-refractivity contribution in [3.8, 4) is 0 Å². The summed E-state index contributed by atoms with van der Waals surface area (Å²) < 4.78 is 11.3. The monoisotopic (exact) mass is 279 g/mol. The van der Waals surface area contributed by atoms with Gasteiger partial charge in [0.15, 0.2) is 0 Å². The summed E-state index contributed by atoms with van der Waals surface area (Å²) in [6, 6.07) is 0. The van der Waals surface area contributed by atoms with Crippen molar-refractivity contribution in [2.24, 2.45) is 11.8 Å². The van der Waals surface area contributed by atoms with Crippen molar-refractivity contribution >= 4 is 0 Å². The Labute approximate surface area is 120 Å². The maximum absolute atomic E-state index is 5.87. The van der Waals surface area contributed by atoms with Crippen LogP contribution in [0.4, 0.5) is 0 Å². The van der Waals surface area contributed by atoms with Crippen LogP contribution in [-0.2, 0) is 4.74 Å². The van der Waals surface area contributed by atoms with Gasteiger partial charge in [-0.2, -0.15) is 0 Å². The maximum atomic E-state index is 5.87. The third-order valence-electron chi connectivity index (χ3n) is 4.38. The second kappa shape index (κ2) is 5.82. The van der Waals surface area contributed by atoms with E-state index < -0.39 is 0 Å². The van der Waals surface area contributed by atoms with Gasteiger partial charge in [0.05, 0.1) is 12.5 Å². The van der Waals surface area contributed by atoms with Gasteiger partial charge in [0, 0.05) is 38.6 Å². The van der Waals surface area contributed by atoms with Gasteiger partial charge in [-0.3, -0.25) is 0 Å². The first-order valence-electron chi connectivity index (χ1n) is 7.72. The van der Waals surface area contributed by atoms with E-state index >= 15 is 0 Å². The van der Waals surface area contributed by atoms with Crippen LogP contribution in [0.3, 0.4) is 0 Å². The van der Waals surface area contributed by atoms with E-state index in [9.17, 15) is 0 Å². The van der Waals surface area contributed by atoms with Crippen LogP contribution in [0.15, 0.2) is 4.42 Å². The Balaban J connectivity index is 1.70. The molecule has 2 atom stereocenters. The number of hydrogen-bond donors (Lipinski definition) is 0. The van der Waals surface area contributed by atoms with E-state index in [4.69, 9.17) is 9.15 Å². The fraction of sp³-hybridized carbons (Fsp3) is 0.867. The van der Waals surface area contributed by atoms with Gasteiger partial charge in [-0.25, -0.2) is 0 Å². The second-order valence-corrected chi connectivity index (χ2v) is 6.62. The first kappa shape index (κ1) is 14.0. The van der Waals surface area contributed by atoms with Crippen molar-refractivity contribution in [1.82, 2.24) is 15.1 Å². The number of aromatic nitrogens is 2. The average molecular weight is 279 g/mol. The smallest absolute Gasteiger partial charge is 0.221 e. The van der Waals surface area contributed by atoms with E-state index in [2.05, 4.69) is 28.9 Å². The molecule has 112 valence electrons. The first-order chi connectivity index (χ1) is 9.67. The van der Waals surface area contributed by atoms with Crippen LogP contribution in [-0.4, -0.2) is 48.4 Å².